The second kappa shape index (κ2) is 6.46. The van der Waals surface area contributed by atoms with Crippen molar-refractivity contribution in [1.82, 2.24) is 4.98 Å². The van der Waals surface area contributed by atoms with Gasteiger partial charge in [0.25, 0.3) is 5.56 Å². The molecule has 0 radical (unpaired) electrons. The minimum Gasteiger partial charge on any atom is -0.456 e. The molecule has 1 fully saturated rings. The van der Waals surface area contributed by atoms with Gasteiger partial charge in [0.15, 0.2) is 0 Å². The minimum atomic E-state index is -0.0265. The van der Waals surface area contributed by atoms with E-state index in [0.29, 0.717) is 0 Å². The molecule has 3 nitrogen and oxygen atoms in total. The van der Waals surface area contributed by atoms with Gasteiger partial charge < -0.3 is 9.72 Å². The largest absolute Gasteiger partial charge is 0.456 e. The fourth-order valence-electron chi connectivity index (χ4n) is 3.36. The molecule has 3 heteroatoms. The molecule has 2 aromatic rings. The number of aryl methyl sites for hydroxylation is 3. The van der Waals surface area contributed by atoms with Gasteiger partial charge in [-0.3, -0.25) is 4.79 Å². The first-order chi connectivity index (χ1) is 11.3. The van der Waals surface area contributed by atoms with E-state index < -0.39 is 0 Å². The summed E-state index contributed by atoms with van der Waals surface area (Å²) in [6.45, 7) is 10.2. The van der Waals surface area contributed by atoms with Crippen molar-refractivity contribution in [3.63, 3.8) is 0 Å². The Morgan fingerprint density at radius 1 is 1.12 bits per heavy atom. The lowest BCUT2D eigenvalue weighted by Crippen LogP contribution is -2.19. The average molecular weight is 325 g/mol. The van der Waals surface area contributed by atoms with E-state index in [1.165, 1.54) is 29.5 Å². The number of pyridine rings is 1. The Bertz CT molecular complexity index is 793. The number of hydrogen-bond acceptors (Lipinski definition) is 2. The minimum absolute atomic E-state index is 0.0265. The number of benzene rings is 1. The standard InChI is InChI=1S/C21H27NO2/c1-12(2)19-20(24-17-9-13(3)8-14(4)10-17)18(11-16-6-7-16)15(5)22-21(19)23/h8-10,12,16H,6-7,11H2,1-5H3,(H,22,23). The second-order valence-corrected chi connectivity index (χ2v) is 7.53. The summed E-state index contributed by atoms with van der Waals surface area (Å²) in [5, 5.41) is 0. The molecule has 0 aliphatic heterocycles. The highest BCUT2D eigenvalue weighted by Crippen LogP contribution is 2.39. The molecule has 0 saturated heterocycles. The van der Waals surface area contributed by atoms with Gasteiger partial charge in [-0.05, 0) is 75.1 Å². The monoisotopic (exact) mass is 325 g/mol. The number of nitrogens with one attached hydrogen (secondary N) is 1. The van der Waals surface area contributed by atoms with Gasteiger partial charge in [-0.15, -0.1) is 0 Å². The molecule has 128 valence electrons. The van der Waals surface area contributed by atoms with Gasteiger partial charge in [0.05, 0.1) is 5.56 Å². The molecule has 3 rings (SSSR count). The van der Waals surface area contributed by atoms with E-state index in [1.54, 1.807) is 0 Å². The lowest BCUT2D eigenvalue weighted by molar-refractivity contribution is 0.460. The number of H-pyrrole nitrogens is 1. The third kappa shape index (κ3) is 3.55. The van der Waals surface area contributed by atoms with E-state index >= 15 is 0 Å². The third-order valence-electron chi connectivity index (χ3n) is 4.70. The van der Waals surface area contributed by atoms with E-state index in [0.717, 1.165) is 35.1 Å². The lowest BCUT2D eigenvalue weighted by Gasteiger charge is -2.19. The topological polar surface area (TPSA) is 42.1 Å². The van der Waals surface area contributed by atoms with Crippen molar-refractivity contribution in [2.45, 2.75) is 59.8 Å². The molecule has 1 aliphatic rings. The Labute approximate surface area is 144 Å². The van der Waals surface area contributed by atoms with Crippen LogP contribution in [0.3, 0.4) is 0 Å². The van der Waals surface area contributed by atoms with Gasteiger partial charge >= 0.3 is 0 Å². The van der Waals surface area contributed by atoms with Crippen molar-refractivity contribution < 1.29 is 4.74 Å². The Balaban J connectivity index is 2.13. The van der Waals surface area contributed by atoms with Crippen LogP contribution in [0.4, 0.5) is 0 Å². The Morgan fingerprint density at radius 2 is 1.75 bits per heavy atom. The summed E-state index contributed by atoms with van der Waals surface area (Å²) in [6.07, 6.45) is 3.54. The molecule has 0 bridgehead atoms. The maximum absolute atomic E-state index is 12.5. The van der Waals surface area contributed by atoms with E-state index in [9.17, 15) is 4.79 Å². The molecule has 1 heterocycles. The maximum Gasteiger partial charge on any atom is 0.255 e. The number of rotatable bonds is 5. The van der Waals surface area contributed by atoms with Crippen LogP contribution >= 0.6 is 0 Å². The molecule has 0 atom stereocenters. The van der Waals surface area contributed by atoms with Crippen LogP contribution in [0, 0.1) is 26.7 Å². The highest BCUT2D eigenvalue weighted by atomic mass is 16.5. The Morgan fingerprint density at radius 3 is 2.29 bits per heavy atom. The molecule has 1 aliphatic carbocycles. The summed E-state index contributed by atoms with van der Waals surface area (Å²) in [4.78, 5) is 15.6. The molecule has 1 N–H and O–H groups in total. The molecule has 0 amide bonds. The zero-order valence-corrected chi connectivity index (χ0v) is 15.3. The average Bonchev–Trinajstić information content (AvgIpc) is 3.25. The maximum atomic E-state index is 12.5. The normalized spacial score (nSPS) is 14.2. The molecular weight excluding hydrogens is 298 g/mol. The SMILES string of the molecule is Cc1cc(C)cc(Oc2c(CC3CC3)c(C)[nH]c(=O)c2C(C)C)c1. The van der Waals surface area contributed by atoms with Crippen molar-refractivity contribution in [2.75, 3.05) is 0 Å². The van der Waals surface area contributed by atoms with Crippen LogP contribution in [0.5, 0.6) is 11.5 Å². The van der Waals surface area contributed by atoms with Crippen LogP contribution in [0.2, 0.25) is 0 Å². The van der Waals surface area contributed by atoms with Gasteiger partial charge in [0, 0.05) is 11.3 Å². The summed E-state index contributed by atoms with van der Waals surface area (Å²) in [7, 11) is 0. The molecule has 1 saturated carbocycles. The molecule has 0 unspecified atom stereocenters. The van der Waals surface area contributed by atoms with Gasteiger partial charge in [-0.2, -0.15) is 0 Å². The summed E-state index contributed by atoms with van der Waals surface area (Å²) in [6, 6.07) is 6.20. The Hall–Kier alpha value is -2.03. The van der Waals surface area contributed by atoms with Crippen molar-refractivity contribution in [3.8, 4) is 11.5 Å². The van der Waals surface area contributed by atoms with Crippen molar-refractivity contribution in [2.24, 2.45) is 5.92 Å². The lowest BCUT2D eigenvalue weighted by atomic mass is 9.97. The highest BCUT2D eigenvalue weighted by Gasteiger charge is 2.27. The highest BCUT2D eigenvalue weighted by molar-refractivity contribution is 5.48. The van der Waals surface area contributed by atoms with Crippen LogP contribution in [0.25, 0.3) is 0 Å². The predicted octanol–water partition coefficient (Wildman–Crippen LogP) is 5.17. The second-order valence-electron chi connectivity index (χ2n) is 7.53. The van der Waals surface area contributed by atoms with E-state index in [2.05, 4.69) is 38.7 Å². The fourth-order valence-corrected chi connectivity index (χ4v) is 3.36. The van der Waals surface area contributed by atoms with Crippen molar-refractivity contribution >= 4 is 0 Å². The molecule has 1 aromatic heterocycles. The Kier molecular flexibility index (Phi) is 4.53. The first kappa shape index (κ1) is 16.8. The number of aromatic amines is 1. The van der Waals surface area contributed by atoms with Gasteiger partial charge in [-0.25, -0.2) is 0 Å². The summed E-state index contributed by atoms with van der Waals surface area (Å²) in [5.41, 5.74) is 5.18. The summed E-state index contributed by atoms with van der Waals surface area (Å²) < 4.78 is 6.33. The third-order valence-corrected chi connectivity index (χ3v) is 4.70. The van der Waals surface area contributed by atoms with E-state index in [4.69, 9.17) is 4.74 Å². The van der Waals surface area contributed by atoms with Crippen LogP contribution < -0.4 is 10.3 Å². The number of ether oxygens (including phenoxy) is 1. The summed E-state index contributed by atoms with van der Waals surface area (Å²) >= 11 is 0. The zero-order chi connectivity index (χ0) is 17.4. The van der Waals surface area contributed by atoms with Crippen LogP contribution in [0.15, 0.2) is 23.0 Å². The van der Waals surface area contributed by atoms with Crippen molar-refractivity contribution in [1.29, 1.82) is 0 Å². The fraction of sp³-hybridized carbons (Fsp3) is 0.476. The van der Waals surface area contributed by atoms with Gasteiger partial charge in [-0.1, -0.05) is 19.9 Å². The molecule has 24 heavy (non-hydrogen) atoms. The first-order valence-corrected chi connectivity index (χ1v) is 8.87. The van der Waals surface area contributed by atoms with E-state index in [-0.39, 0.29) is 11.5 Å². The van der Waals surface area contributed by atoms with E-state index in [1.807, 2.05) is 19.1 Å². The molecule has 1 aromatic carbocycles. The zero-order valence-electron chi connectivity index (χ0n) is 15.3. The predicted molar refractivity (Wildman–Crippen MR) is 98.3 cm³/mol. The first-order valence-electron chi connectivity index (χ1n) is 8.87. The molecule has 0 spiro atoms. The van der Waals surface area contributed by atoms with Gasteiger partial charge in [0.1, 0.15) is 11.5 Å². The van der Waals surface area contributed by atoms with Gasteiger partial charge in [0.2, 0.25) is 0 Å². The smallest absolute Gasteiger partial charge is 0.255 e. The quantitative estimate of drug-likeness (QED) is 0.824. The van der Waals surface area contributed by atoms with Crippen LogP contribution in [-0.2, 0) is 6.42 Å². The van der Waals surface area contributed by atoms with Crippen LogP contribution in [-0.4, -0.2) is 4.98 Å². The molecular formula is C21H27NO2. The summed E-state index contributed by atoms with van der Waals surface area (Å²) in [5.74, 6) is 2.45. The number of aromatic nitrogens is 1. The van der Waals surface area contributed by atoms with Crippen molar-refractivity contribution in [3.05, 3.63) is 56.5 Å². The van der Waals surface area contributed by atoms with Crippen LogP contribution in [0.1, 0.15) is 60.6 Å². The number of hydrogen-bond donors (Lipinski definition) is 1.